The number of carbonyl (C=O) groups excluding carboxylic acids is 2. The summed E-state index contributed by atoms with van der Waals surface area (Å²) in [7, 11) is 0. The zero-order chi connectivity index (χ0) is 15.2. The molecule has 21 heavy (non-hydrogen) atoms. The number of anilines is 1. The van der Waals surface area contributed by atoms with Crippen LogP contribution in [-0.4, -0.2) is 17.9 Å². The molecular formula is C16H14N2O2S. The highest BCUT2D eigenvalue weighted by atomic mass is 32.1. The molecule has 0 aliphatic carbocycles. The van der Waals surface area contributed by atoms with E-state index in [4.69, 9.17) is 6.42 Å². The Morgan fingerprint density at radius 2 is 2.10 bits per heavy atom. The van der Waals surface area contributed by atoms with Crippen LogP contribution in [0.1, 0.15) is 22.2 Å². The lowest BCUT2D eigenvalue weighted by molar-refractivity contribution is -0.117. The maximum Gasteiger partial charge on any atom is 0.261 e. The minimum Gasteiger partial charge on any atom is -0.340 e. The standard InChI is InChI=1S/C16H14N2O2S/c1-3-12-6-4-7-13(10-12)18-15(19)11(2)17-16(20)14-8-5-9-21-14/h1,4-11H,2H3,(H,17,20)(H,18,19). The first-order valence-corrected chi connectivity index (χ1v) is 7.20. The molecule has 0 fully saturated rings. The number of amides is 2. The summed E-state index contributed by atoms with van der Waals surface area (Å²) in [5, 5.41) is 7.18. The van der Waals surface area contributed by atoms with E-state index in [1.54, 1.807) is 43.3 Å². The van der Waals surface area contributed by atoms with Crippen molar-refractivity contribution in [1.82, 2.24) is 5.32 Å². The summed E-state index contributed by atoms with van der Waals surface area (Å²) in [5.74, 6) is 1.94. The summed E-state index contributed by atoms with van der Waals surface area (Å²) >= 11 is 1.33. The lowest BCUT2D eigenvalue weighted by Gasteiger charge is -2.13. The molecule has 0 spiro atoms. The molecule has 5 heteroatoms. The summed E-state index contributed by atoms with van der Waals surface area (Å²) < 4.78 is 0. The Labute approximate surface area is 127 Å². The minimum atomic E-state index is -0.644. The van der Waals surface area contributed by atoms with Gasteiger partial charge in [-0.15, -0.1) is 17.8 Å². The second-order valence-corrected chi connectivity index (χ2v) is 5.33. The average molecular weight is 298 g/mol. The Kier molecular flexibility index (Phi) is 4.75. The fourth-order valence-electron chi connectivity index (χ4n) is 1.68. The van der Waals surface area contributed by atoms with E-state index in [0.717, 1.165) is 0 Å². The third-order valence-corrected chi connectivity index (χ3v) is 3.65. The Balaban J connectivity index is 1.96. The summed E-state index contributed by atoms with van der Waals surface area (Å²) in [6, 6.07) is 9.83. The van der Waals surface area contributed by atoms with Gasteiger partial charge in [-0.2, -0.15) is 0 Å². The third kappa shape index (κ3) is 3.94. The van der Waals surface area contributed by atoms with Gasteiger partial charge in [0.15, 0.2) is 0 Å². The van der Waals surface area contributed by atoms with Crippen molar-refractivity contribution in [1.29, 1.82) is 0 Å². The fourth-order valence-corrected chi connectivity index (χ4v) is 2.31. The highest BCUT2D eigenvalue weighted by molar-refractivity contribution is 7.12. The molecule has 2 rings (SSSR count). The van der Waals surface area contributed by atoms with Crippen LogP contribution in [0.2, 0.25) is 0 Å². The molecule has 1 heterocycles. The molecular weight excluding hydrogens is 284 g/mol. The summed E-state index contributed by atoms with van der Waals surface area (Å²) in [4.78, 5) is 24.5. The molecule has 0 saturated heterocycles. The van der Waals surface area contributed by atoms with Crippen molar-refractivity contribution in [2.75, 3.05) is 5.32 Å². The number of terminal acetylenes is 1. The van der Waals surface area contributed by atoms with Gasteiger partial charge in [-0.05, 0) is 36.6 Å². The molecule has 4 nitrogen and oxygen atoms in total. The number of hydrogen-bond acceptors (Lipinski definition) is 3. The molecule has 0 aliphatic rings. The van der Waals surface area contributed by atoms with Gasteiger partial charge >= 0.3 is 0 Å². The van der Waals surface area contributed by atoms with Gasteiger partial charge in [-0.3, -0.25) is 9.59 Å². The second kappa shape index (κ2) is 6.73. The Morgan fingerprint density at radius 1 is 1.29 bits per heavy atom. The van der Waals surface area contributed by atoms with Gasteiger partial charge in [0.1, 0.15) is 6.04 Å². The predicted octanol–water partition coefficient (Wildman–Crippen LogP) is 2.49. The molecule has 0 radical (unpaired) electrons. The summed E-state index contributed by atoms with van der Waals surface area (Å²) in [5.41, 5.74) is 1.29. The first kappa shape index (κ1) is 14.8. The van der Waals surface area contributed by atoms with Crippen molar-refractivity contribution in [3.8, 4) is 12.3 Å². The first-order chi connectivity index (χ1) is 10.1. The predicted molar refractivity (Wildman–Crippen MR) is 84.3 cm³/mol. The van der Waals surface area contributed by atoms with E-state index in [-0.39, 0.29) is 11.8 Å². The van der Waals surface area contributed by atoms with Gasteiger partial charge in [0, 0.05) is 11.3 Å². The first-order valence-electron chi connectivity index (χ1n) is 6.32. The SMILES string of the molecule is C#Cc1cccc(NC(=O)C(C)NC(=O)c2cccs2)c1. The van der Waals surface area contributed by atoms with Crippen LogP contribution in [0, 0.1) is 12.3 Å². The number of thiophene rings is 1. The molecule has 2 N–H and O–H groups in total. The summed E-state index contributed by atoms with van der Waals surface area (Å²) in [6.07, 6.45) is 5.31. The van der Waals surface area contributed by atoms with E-state index >= 15 is 0 Å². The van der Waals surface area contributed by atoms with Crippen molar-refractivity contribution in [2.24, 2.45) is 0 Å². The van der Waals surface area contributed by atoms with E-state index in [9.17, 15) is 9.59 Å². The maximum atomic E-state index is 12.0. The fraction of sp³-hybridized carbons (Fsp3) is 0.125. The van der Waals surface area contributed by atoms with Crippen LogP contribution in [0.3, 0.4) is 0 Å². The molecule has 2 aromatic rings. The highest BCUT2D eigenvalue weighted by Crippen LogP contribution is 2.11. The largest absolute Gasteiger partial charge is 0.340 e. The lowest BCUT2D eigenvalue weighted by Crippen LogP contribution is -2.41. The van der Waals surface area contributed by atoms with Crippen LogP contribution in [-0.2, 0) is 4.79 Å². The molecule has 1 unspecified atom stereocenters. The van der Waals surface area contributed by atoms with Gasteiger partial charge < -0.3 is 10.6 Å². The van der Waals surface area contributed by atoms with Crippen LogP contribution in [0.25, 0.3) is 0 Å². The van der Waals surface area contributed by atoms with Crippen LogP contribution >= 0.6 is 11.3 Å². The molecule has 0 aliphatic heterocycles. The number of carbonyl (C=O) groups is 2. The quantitative estimate of drug-likeness (QED) is 0.852. The van der Waals surface area contributed by atoms with Gasteiger partial charge in [0.05, 0.1) is 4.88 Å². The van der Waals surface area contributed by atoms with E-state index < -0.39 is 6.04 Å². The Morgan fingerprint density at radius 3 is 2.76 bits per heavy atom. The van der Waals surface area contributed by atoms with Crippen LogP contribution in [0.5, 0.6) is 0 Å². The zero-order valence-corrected chi connectivity index (χ0v) is 12.2. The zero-order valence-electron chi connectivity index (χ0n) is 11.4. The minimum absolute atomic E-state index is 0.259. The lowest BCUT2D eigenvalue weighted by atomic mass is 10.2. The molecule has 1 atom stereocenters. The van der Waals surface area contributed by atoms with Crippen LogP contribution in [0.15, 0.2) is 41.8 Å². The third-order valence-electron chi connectivity index (χ3n) is 2.78. The van der Waals surface area contributed by atoms with E-state index in [2.05, 4.69) is 16.6 Å². The average Bonchev–Trinajstić information content (AvgIpc) is 3.01. The van der Waals surface area contributed by atoms with Gasteiger partial charge in [0.2, 0.25) is 5.91 Å². The molecule has 0 saturated carbocycles. The van der Waals surface area contributed by atoms with E-state index in [1.165, 1.54) is 11.3 Å². The van der Waals surface area contributed by atoms with Gasteiger partial charge in [0.25, 0.3) is 5.91 Å². The highest BCUT2D eigenvalue weighted by Gasteiger charge is 2.17. The molecule has 1 aromatic heterocycles. The van der Waals surface area contributed by atoms with E-state index in [1.807, 2.05) is 5.38 Å². The molecule has 0 bridgehead atoms. The smallest absolute Gasteiger partial charge is 0.261 e. The van der Waals surface area contributed by atoms with Crippen molar-refractivity contribution in [3.05, 3.63) is 52.2 Å². The van der Waals surface area contributed by atoms with Crippen molar-refractivity contribution in [2.45, 2.75) is 13.0 Å². The van der Waals surface area contributed by atoms with Crippen LogP contribution < -0.4 is 10.6 Å². The topological polar surface area (TPSA) is 58.2 Å². The number of benzene rings is 1. The Bertz CT molecular complexity index is 687. The van der Waals surface area contributed by atoms with Crippen molar-refractivity contribution < 1.29 is 9.59 Å². The maximum absolute atomic E-state index is 12.0. The molecule has 2 amide bonds. The second-order valence-electron chi connectivity index (χ2n) is 4.39. The van der Waals surface area contributed by atoms with Gasteiger partial charge in [-0.25, -0.2) is 0 Å². The Hall–Kier alpha value is -2.58. The normalized spacial score (nSPS) is 11.2. The molecule has 106 valence electrons. The van der Waals surface area contributed by atoms with Gasteiger partial charge in [-0.1, -0.05) is 18.1 Å². The summed E-state index contributed by atoms with van der Waals surface area (Å²) in [6.45, 7) is 1.63. The molecule has 1 aromatic carbocycles. The van der Waals surface area contributed by atoms with Crippen molar-refractivity contribution in [3.63, 3.8) is 0 Å². The number of nitrogens with one attached hydrogen (secondary N) is 2. The van der Waals surface area contributed by atoms with E-state index in [0.29, 0.717) is 16.1 Å². The van der Waals surface area contributed by atoms with Crippen molar-refractivity contribution >= 4 is 28.8 Å². The number of hydrogen-bond donors (Lipinski definition) is 2. The monoisotopic (exact) mass is 298 g/mol. The van der Waals surface area contributed by atoms with Crippen LogP contribution in [0.4, 0.5) is 5.69 Å². The number of rotatable bonds is 4.